The molecular weight excluding hydrogens is 520 g/mol. The smallest absolute Gasteiger partial charge is 0.263 e. The molecule has 1 saturated heterocycles. The van der Waals surface area contributed by atoms with Crippen LogP contribution in [0, 0.1) is 13.8 Å². The van der Waals surface area contributed by atoms with E-state index in [4.69, 9.17) is 4.74 Å². The molecule has 5 heterocycles. The lowest BCUT2D eigenvalue weighted by atomic mass is 10.1. The zero-order valence-electron chi connectivity index (χ0n) is 23.0. The third kappa shape index (κ3) is 5.38. The number of fused-ring (bicyclic) bond motifs is 1. The van der Waals surface area contributed by atoms with Crippen molar-refractivity contribution in [3.8, 4) is 5.88 Å². The fraction of sp³-hybridized carbons (Fsp3) is 0.267. The second-order valence-electron chi connectivity index (χ2n) is 10.1. The number of rotatable bonds is 6. The number of hydrogen-bond acceptors (Lipinski definition) is 9. The van der Waals surface area contributed by atoms with Crippen LogP contribution in [0.15, 0.2) is 65.8 Å². The van der Waals surface area contributed by atoms with E-state index >= 15 is 0 Å². The zero-order valence-corrected chi connectivity index (χ0v) is 23.0. The average Bonchev–Trinajstić information content (AvgIpc) is 2.99. The van der Waals surface area contributed by atoms with Crippen LogP contribution in [0.25, 0.3) is 0 Å². The van der Waals surface area contributed by atoms with Gasteiger partial charge in [-0.25, -0.2) is 4.98 Å². The first-order valence-corrected chi connectivity index (χ1v) is 13.7. The molecule has 1 aromatic carbocycles. The first-order valence-electron chi connectivity index (χ1n) is 13.7. The Kier molecular flexibility index (Phi) is 7.15. The number of benzene rings is 1. The number of aromatic amines is 1. The predicted molar refractivity (Wildman–Crippen MR) is 161 cm³/mol. The number of aryl methyl sites for hydroxylation is 1. The maximum Gasteiger partial charge on any atom is 0.263 e. The summed E-state index contributed by atoms with van der Waals surface area (Å²) in [6.45, 7) is 8.76. The molecule has 3 aromatic heterocycles. The maximum absolute atomic E-state index is 13.3. The van der Waals surface area contributed by atoms with Crippen molar-refractivity contribution in [1.29, 1.82) is 0 Å². The first-order chi connectivity index (χ1) is 20.0. The van der Waals surface area contributed by atoms with E-state index in [-0.39, 0.29) is 5.56 Å². The lowest BCUT2D eigenvalue weighted by Gasteiger charge is -2.37. The summed E-state index contributed by atoms with van der Waals surface area (Å²) in [5.41, 5.74) is 6.13. The second kappa shape index (κ2) is 11.2. The molecule has 4 N–H and O–H groups in total. The van der Waals surface area contributed by atoms with Gasteiger partial charge in [0.05, 0.1) is 29.0 Å². The number of ether oxygens (including phenoxy) is 1. The molecule has 2 aliphatic heterocycles. The Balaban J connectivity index is 1.13. The van der Waals surface area contributed by atoms with Gasteiger partial charge >= 0.3 is 0 Å². The third-order valence-electron chi connectivity index (χ3n) is 7.49. The summed E-state index contributed by atoms with van der Waals surface area (Å²) < 4.78 is 5.60. The highest BCUT2D eigenvalue weighted by Gasteiger charge is 2.21. The van der Waals surface area contributed by atoms with E-state index in [0.717, 1.165) is 48.8 Å². The van der Waals surface area contributed by atoms with Crippen molar-refractivity contribution in [1.82, 2.24) is 15.0 Å². The molecule has 41 heavy (non-hydrogen) atoms. The van der Waals surface area contributed by atoms with Crippen molar-refractivity contribution >= 4 is 40.0 Å². The van der Waals surface area contributed by atoms with Gasteiger partial charge in [-0.15, -0.1) is 0 Å². The van der Waals surface area contributed by atoms with Gasteiger partial charge in [0.15, 0.2) is 0 Å². The normalized spacial score (nSPS) is 14.5. The molecule has 0 aliphatic carbocycles. The predicted octanol–water partition coefficient (Wildman–Crippen LogP) is 3.91. The molecule has 0 bridgehead atoms. The molecule has 4 aromatic rings. The van der Waals surface area contributed by atoms with Crippen molar-refractivity contribution in [3.05, 3.63) is 88.2 Å². The number of carbonyl (C=O) groups is 1. The second-order valence-corrected chi connectivity index (χ2v) is 10.1. The molecule has 6 rings (SSSR count). The topological polar surface area (TPSA) is 128 Å². The summed E-state index contributed by atoms with van der Waals surface area (Å²) in [7, 11) is 0. The minimum atomic E-state index is -0.507. The summed E-state index contributed by atoms with van der Waals surface area (Å²) in [5.74, 6) is 0.0321. The van der Waals surface area contributed by atoms with Gasteiger partial charge < -0.3 is 35.5 Å². The Labute approximate surface area is 237 Å². The van der Waals surface area contributed by atoms with E-state index < -0.39 is 11.5 Å². The molecule has 11 nitrogen and oxygen atoms in total. The Bertz CT molecular complexity index is 1630. The van der Waals surface area contributed by atoms with Crippen LogP contribution in [-0.4, -0.2) is 60.2 Å². The maximum atomic E-state index is 13.3. The zero-order chi connectivity index (χ0) is 28.3. The monoisotopic (exact) mass is 552 g/mol. The summed E-state index contributed by atoms with van der Waals surface area (Å²) >= 11 is 0. The number of piperazine rings is 1. The number of anilines is 6. The fourth-order valence-corrected chi connectivity index (χ4v) is 5.26. The van der Waals surface area contributed by atoms with Crippen LogP contribution in [0.4, 0.5) is 34.1 Å². The van der Waals surface area contributed by atoms with Crippen LogP contribution < -0.4 is 36.0 Å². The summed E-state index contributed by atoms with van der Waals surface area (Å²) in [5, 5.41) is 9.39. The average molecular weight is 553 g/mol. The third-order valence-corrected chi connectivity index (χ3v) is 7.49. The number of aromatic nitrogens is 3. The van der Waals surface area contributed by atoms with Crippen LogP contribution >= 0.6 is 0 Å². The molecule has 0 saturated carbocycles. The van der Waals surface area contributed by atoms with Crippen molar-refractivity contribution < 1.29 is 9.53 Å². The van der Waals surface area contributed by atoms with E-state index in [1.807, 2.05) is 50.4 Å². The van der Waals surface area contributed by atoms with E-state index in [2.05, 4.69) is 46.8 Å². The Morgan fingerprint density at radius 2 is 1.76 bits per heavy atom. The van der Waals surface area contributed by atoms with Gasteiger partial charge in [-0.05, 0) is 56.3 Å². The van der Waals surface area contributed by atoms with Gasteiger partial charge in [0, 0.05) is 62.1 Å². The van der Waals surface area contributed by atoms with Crippen LogP contribution in [0.1, 0.15) is 21.6 Å². The van der Waals surface area contributed by atoms with Crippen molar-refractivity contribution in [2.75, 3.05) is 65.1 Å². The minimum Gasteiger partial charge on any atom is -0.474 e. The van der Waals surface area contributed by atoms with Crippen molar-refractivity contribution in [2.24, 2.45) is 0 Å². The Morgan fingerprint density at radius 3 is 2.54 bits per heavy atom. The lowest BCUT2D eigenvalue weighted by molar-refractivity contribution is 0.102. The van der Waals surface area contributed by atoms with Crippen LogP contribution in [0.2, 0.25) is 0 Å². The molecule has 210 valence electrons. The van der Waals surface area contributed by atoms with Crippen molar-refractivity contribution in [3.63, 3.8) is 0 Å². The molecule has 2 aliphatic rings. The van der Waals surface area contributed by atoms with Crippen LogP contribution in [0.3, 0.4) is 0 Å². The van der Waals surface area contributed by atoms with Crippen LogP contribution in [-0.2, 0) is 0 Å². The van der Waals surface area contributed by atoms with Gasteiger partial charge in [0.2, 0.25) is 5.88 Å². The highest BCUT2D eigenvalue weighted by Crippen LogP contribution is 2.34. The largest absolute Gasteiger partial charge is 0.474 e. The molecule has 0 atom stereocenters. The molecule has 1 amide bonds. The van der Waals surface area contributed by atoms with E-state index in [1.165, 1.54) is 11.9 Å². The first kappa shape index (κ1) is 26.2. The van der Waals surface area contributed by atoms with Gasteiger partial charge in [-0.1, -0.05) is 0 Å². The van der Waals surface area contributed by atoms with Crippen LogP contribution in [0.5, 0.6) is 5.88 Å². The summed E-state index contributed by atoms with van der Waals surface area (Å²) in [6, 6.07) is 13.5. The SMILES string of the molecule is Cc1ncccc1N1CCN(c2ccc(NC(=O)c3c(Nc4cnc5c(c4C)NCCO5)cc[nH]c3=O)cc2)CC1. The van der Waals surface area contributed by atoms with Gasteiger partial charge in [-0.3, -0.25) is 14.6 Å². The Morgan fingerprint density at radius 1 is 0.976 bits per heavy atom. The molecule has 0 spiro atoms. The van der Waals surface area contributed by atoms with Gasteiger partial charge in [-0.2, -0.15) is 0 Å². The number of amides is 1. The summed E-state index contributed by atoms with van der Waals surface area (Å²) in [4.78, 5) is 42.2. The van der Waals surface area contributed by atoms with Gasteiger partial charge in [0.1, 0.15) is 17.9 Å². The molecule has 0 radical (unpaired) electrons. The highest BCUT2D eigenvalue weighted by atomic mass is 16.5. The number of nitrogens with one attached hydrogen (secondary N) is 4. The van der Waals surface area contributed by atoms with Crippen molar-refractivity contribution in [2.45, 2.75) is 13.8 Å². The summed E-state index contributed by atoms with van der Waals surface area (Å²) in [6.07, 6.45) is 4.97. The molecule has 1 fully saturated rings. The molecule has 0 unspecified atom stereocenters. The van der Waals surface area contributed by atoms with Gasteiger partial charge in [0.25, 0.3) is 11.5 Å². The van der Waals surface area contributed by atoms with E-state index in [9.17, 15) is 9.59 Å². The highest BCUT2D eigenvalue weighted by molar-refractivity contribution is 6.08. The Hall–Kier alpha value is -5.06. The number of hydrogen-bond donors (Lipinski definition) is 4. The quantitative estimate of drug-likeness (QED) is 0.282. The minimum absolute atomic E-state index is 0.0141. The number of pyridine rings is 3. The number of nitrogens with zero attached hydrogens (tertiary/aromatic N) is 4. The fourth-order valence-electron chi connectivity index (χ4n) is 5.26. The number of carbonyl (C=O) groups excluding carboxylic acids is 1. The standard InChI is InChI=1S/C30H32N8O3/c1-19-24(18-34-30-27(19)32-12-17-41-30)36-23-9-11-33-28(39)26(23)29(40)35-21-5-7-22(8-6-21)37-13-15-38(16-14-37)25-4-3-10-31-20(25)2/h3-11,18,32H,12-17H2,1-2H3,(H,35,40)(H2,33,36,39). The number of H-pyrrole nitrogens is 1. The lowest BCUT2D eigenvalue weighted by Crippen LogP contribution is -2.46. The molecule has 11 heteroatoms. The van der Waals surface area contributed by atoms with E-state index in [1.54, 1.807) is 12.3 Å². The molecular formula is C30H32N8O3. The van der Waals surface area contributed by atoms with E-state index in [0.29, 0.717) is 36.1 Å².